The van der Waals surface area contributed by atoms with E-state index in [1.165, 1.54) is 10.4 Å². The van der Waals surface area contributed by atoms with Gasteiger partial charge in [0, 0.05) is 43.8 Å². The molecule has 0 saturated heterocycles. The summed E-state index contributed by atoms with van der Waals surface area (Å²) in [6.07, 6.45) is 5.08. The molecule has 2 heterocycles. The highest BCUT2D eigenvalue weighted by Gasteiger charge is 2.16. The molecule has 6 nitrogen and oxygen atoms in total. The maximum atomic E-state index is 4.34. The van der Waals surface area contributed by atoms with Crippen LogP contribution in [0, 0.1) is 5.92 Å². The highest BCUT2D eigenvalue weighted by Crippen LogP contribution is 2.16. The van der Waals surface area contributed by atoms with E-state index in [0.29, 0.717) is 5.92 Å². The molecule has 0 amide bonds. The number of aryl methyl sites for hydroxylation is 1. The van der Waals surface area contributed by atoms with Crippen molar-refractivity contribution in [2.45, 2.75) is 19.4 Å². The molecule has 26 heavy (non-hydrogen) atoms. The van der Waals surface area contributed by atoms with Crippen LogP contribution in [0.5, 0.6) is 0 Å². The van der Waals surface area contributed by atoms with E-state index in [2.05, 4.69) is 70.4 Å². The van der Waals surface area contributed by atoms with Gasteiger partial charge >= 0.3 is 0 Å². The zero-order chi connectivity index (χ0) is 18.2. The number of nitrogens with zero attached hydrogens (tertiary/aromatic N) is 4. The van der Waals surface area contributed by atoms with Gasteiger partial charge in [0.15, 0.2) is 5.96 Å². The number of aromatic nitrogens is 2. The minimum atomic E-state index is 0. The Bertz CT molecular complexity index is 652. The second kappa shape index (κ2) is 11.6. The summed E-state index contributed by atoms with van der Waals surface area (Å²) in [5.41, 5.74) is 1.20. The standard InChI is InChI=1S/C18H30N6S.HI/c1-14(9-16-7-6-8-25-16)10-20-18(19-2)21-12-17(23(3)4)15-11-22-24(5)13-15;/h6-8,11,13-14,17H,9-10,12H2,1-5H3,(H2,19,20,21);1H. The average Bonchev–Trinajstić information content (AvgIpc) is 3.22. The summed E-state index contributed by atoms with van der Waals surface area (Å²) in [6, 6.07) is 4.56. The largest absolute Gasteiger partial charge is 0.356 e. The van der Waals surface area contributed by atoms with Crippen molar-refractivity contribution in [2.75, 3.05) is 34.2 Å². The molecule has 0 spiro atoms. The van der Waals surface area contributed by atoms with Crippen LogP contribution in [0.2, 0.25) is 0 Å². The zero-order valence-corrected chi connectivity index (χ0v) is 19.4. The van der Waals surface area contributed by atoms with E-state index in [4.69, 9.17) is 0 Å². The summed E-state index contributed by atoms with van der Waals surface area (Å²) in [4.78, 5) is 7.97. The first-order valence-electron chi connectivity index (χ1n) is 8.61. The molecule has 2 aromatic rings. The monoisotopic (exact) mass is 490 g/mol. The smallest absolute Gasteiger partial charge is 0.191 e. The Morgan fingerprint density at radius 3 is 2.62 bits per heavy atom. The molecular formula is C18H31IN6S. The molecule has 0 saturated carbocycles. The molecule has 146 valence electrons. The topological polar surface area (TPSA) is 57.5 Å². The number of halogens is 1. The Labute approximate surface area is 178 Å². The number of hydrogen-bond donors (Lipinski definition) is 2. The van der Waals surface area contributed by atoms with E-state index < -0.39 is 0 Å². The lowest BCUT2D eigenvalue weighted by atomic mass is 10.1. The van der Waals surface area contributed by atoms with E-state index in [0.717, 1.165) is 25.5 Å². The van der Waals surface area contributed by atoms with Crippen molar-refractivity contribution in [3.8, 4) is 0 Å². The van der Waals surface area contributed by atoms with Gasteiger partial charge in [0.2, 0.25) is 0 Å². The van der Waals surface area contributed by atoms with Crippen molar-refractivity contribution in [2.24, 2.45) is 18.0 Å². The molecule has 0 aliphatic heterocycles. The molecule has 0 aliphatic rings. The van der Waals surface area contributed by atoms with Crippen LogP contribution in [-0.2, 0) is 13.5 Å². The summed E-state index contributed by atoms with van der Waals surface area (Å²) in [7, 11) is 7.92. The summed E-state index contributed by atoms with van der Waals surface area (Å²) in [5, 5.41) is 13.3. The minimum absolute atomic E-state index is 0. The third-order valence-corrected chi connectivity index (χ3v) is 5.07. The first-order chi connectivity index (χ1) is 12.0. The van der Waals surface area contributed by atoms with Crippen molar-refractivity contribution in [1.82, 2.24) is 25.3 Å². The number of rotatable bonds is 8. The van der Waals surface area contributed by atoms with Crippen molar-refractivity contribution >= 4 is 41.3 Å². The van der Waals surface area contributed by atoms with Crippen LogP contribution in [0.4, 0.5) is 0 Å². The predicted molar refractivity (Wildman–Crippen MR) is 122 cm³/mol. The van der Waals surface area contributed by atoms with Gasteiger partial charge < -0.3 is 15.5 Å². The molecule has 2 unspecified atom stereocenters. The van der Waals surface area contributed by atoms with Gasteiger partial charge in [-0.2, -0.15) is 5.10 Å². The first-order valence-corrected chi connectivity index (χ1v) is 9.49. The highest BCUT2D eigenvalue weighted by molar-refractivity contribution is 14.0. The minimum Gasteiger partial charge on any atom is -0.356 e. The lowest BCUT2D eigenvalue weighted by Crippen LogP contribution is -2.43. The van der Waals surface area contributed by atoms with E-state index >= 15 is 0 Å². The SMILES string of the molecule is CN=C(NCC(C)Cc1cccs1)NCC(c1cnn(C)c1)N(C)C.I. The van der Waals surface area contributed by atoms with Crippen molar-refractivity contribution < 1.29 is 0 Å². The van der Waals surface area contributed by atoms with E-state index in [1.807, 2.05) is 36.3 Å². The fraction of sp³-hybridized carbons (Fsp3) is 0.556. The van der Waals surface area contributed by atoms with Crippen molar-refractivity contribution in [3.05, 3.63) is 40.3 Å². The molecule has 2 N–H and O–H groups in total. The van der Waals surface area contributed by atoms with Crippen molar-refractivity contribution in [1.29, 1.82) is 0 Å². The lowest BCUT2D eigenvalue weighted by Gasteiger charge is -2.25. The second-order valence-corrected chi connectivity index (χ2v) is 7.68. The highest BCUT2D eigenvalue weighted by atomic mass is 127. The molecule has 0 aliphatic carbocycles. The normalized spacial score (nSPS) is 14.0. The summed E-state index contributed by atoms with van der Waals surface area (Å²) < 4.78 is 1.84. The molecule has 0 radical (unpaired) electrons. The molecule has 2 rings (SSSR count). The van der Waals surface area contributed by atoms with Crippen LogP contribution < -0.4 is 10.6 Å². The van der Waals surface area contributed by atoms with Crippen LogP contribution in [0.1, 0.15) is 23.4 Å². The quantitative estimate of drug-likeness (QED) is 0.340. The van der Waals surface area contributed by atoms with Gasteiger partial charge in [0.25, 0.3) is 0 Å². The van der Waals surface area contributed by atoms with Gasteiger partial charge in [-0.05, 0) is 37.9 Å². The fourth-order valence-electron chi connectivity index (χ4n) is 2.74. The Morgan fingerprint density at radius 1 is 1.35 bits per heavy atom. The molecule has 0 fully saturated rings. The molecular weight excluding hydrogens is 459 g/mol. The summed E-state index contributed by atoms with van der Waals surface area (Å²) in [5.74, 6) is 1.40. The fourth-order valence-corrected chi connectivity index (χ4v) is 3.61. The Morgan fingerprint density at radius 2 is 2.08 bits per heavy atom. The first kappa shape index (κ1) is 22.9. The Kier molecular flexibility index (Phi) is 10.2. The average molecular weight is 490 g/mol. The van der Waals surface area contributed by atoms with Gasteiger partial charge in [0.05, 0.1) is 12.2 Å². The van der Waals surface area contributed by atoms with Gasteiger partial charge in [-0.15, -0.1) is 35.3 Å². The van der Waals surface area contributed by atoms with Crippen LogP contribution in [0.15, 0.2) is 34.9 Å². The van der Waals surface area contributed by atoms with Crippen LogP contribution in [0.3, 0.4) is 0 Å². The van der Waals surface area contributed by atoms with Gasteiger partial charge in [0.1, 0.15) is 0 Å². The van der Waals surface area contributed by atoms with Crippen molar-refractivity contribution in [3.63, 3.8) is 0 Å². The number of guanidine groups is 1. The van der Waals surface area contributed by atoms with E-state index in [9.17, 15) is 0 Å². The molecule has 2 aromatic heterocycles. The Hall–Kier alpha value is -1.13. The van der Waals surface area contributed by atoms with E-state index in [1.54, 1.807) is 0 Å². The predicted octanol–water partition coefficient (Wildman–Crippen LogP) is 2.75. The number of thiophene rings is 1. The van der Waals surface area contributed by atoms with Gasteiger partial charge in [-0.25, -0.2) is 0 Å². The number of hydrogen-bond acceptors (Lipinski definition) is 4. The van der Waals surface area contributed by atoms with E-state index in [-0.39, 0.29) is 30.0 Å². The molecule has 0 aromatic carbocycles. The Balaban J connectivity index is 0.00000338. The van der Waals surface area contributed by atoms with Gasteiger partial charge in [-0.3, -0.25) is 9.67 Å². The summed E-state index contributed by atoms with van der Waals surface area (Å²) in [6.45, 7) is 3.94. The van der Waals surface area contributed by atoms with Gasteiger partial charge in [-0.1, -0.05) is 13.0 Å². The third-order valence-electron chi connectivity index (χ3n) is 4.17. The third kappa shape index (κ3) is 7.24. The lowest BCUT2D eigenvalue weighted by molar-refractivity contribution is 0.298. The number of nitrogens with one attached hydrogen (secondary N) is 2. The van der Waals surface area contributed by atoms with Crippen LogP contribution in [0.25, 0.3) is 0 Å². The molecule has 0 bridgehead atoms. The maximum Gasteiger partial charge on any atom is 0.191 e. The number of likely N-dealkylation sites (N-methyl/N-ethyl adjacent to an activating group) is 1. The zero-order valence-electron chi connectivity index (χ0n) is 16.3. The maximum absolute atomic E-state index is 4.34. The summed E-state index contributed by atoms with van der Waals surface area (Å²) >= 11 is 1.82. The second-order valence-electron chi connectivity index (χ2n) is 6.65. The molecule has 2 atom stereocenters. The molecule has 8 heteroatoms. The van der Waals surface area contributed by atoms with Crippen LogP contribution >= 0.6 is 35.3 Å². The van der Waals surface area contributed by atoms with Crippen LogP contribution in [-0.4, -0.2) is 54.9 Å². The number of aliphatic imine (C=N–C) groups is 1.